The maximum atomic E-state index is 5.49. The fourth-order valence-corrected chi connectivity index (χ4v) is 20.9. The summed E-state index contributed by atoms with van der Waals surface area (Å²) in [7, 11) is 0. The minimum atomic E-state index is -0.537. The Hall–Kier alpha value is -13.1. The van der Waals surface area contributed by atoms with Gasteiger partial charge in [-0.15, -0.1) is 45.3 Å². The highest BCUT2D eigenvalue weighted by Gasteiger charge is 2.46. The molecule has 0 atom stereocenters. The van der Waals surface area contributed by atoms with Gasteiger partial charge in [0.05, 0.1) is 57.3 Å². The van der Waals surface area contributed by atoms with E-state index in [1.54, 1.807) is 45.3 Å². The molecule has 5 nitrogen and oxygen atoms in total. The molecule has 0 N–H and O–H groups in total. The van der Waals surface area contributed by atoms with Crippen molar-refractivity contribution >= 4 is 108 Å². The summed E-state index contributed by atoms with van der Waals surface area (Å²) in [5, 5.41) is 6.26. The van der Waals surface area contributed by atoms with Crippen molar-refractivity contribution in [3.63, 3.8) is 0 Å². The monoisotopic (exact) mass is 1470 g/mol. The van der Waals surface area contributed by atoms with Crippen LogP contribution in [0.2, 0.25) is 0 Å². The Morgan fingerprint density at radius 1 is 0.218 bits per heavy atom. The summed E-state index contributed by atoms with van der Waals surface area (Å²) in [6, 6.07) is 136. The minimum Gasteiger partial charge on any atom is -0.309 e. The number of hydrogen-bond acceptors (Lipinski definition) is 8. The first kappa shape index (κ1) is 64.1. The molecule has 0 fully saturated rings. The van der Waals surface area contributed by atoms with Crippen LogP contribution in [0.3, 0.4) is 0 Å². The highest BCUT2D eigenvalue weighted by molar-refractivity contribution is 7.22. The molecule has 0 unspecified atom stereocenters. The van der Waals surface area contributed by atoms with Crippen LogP contribution in [-0.4, -0.2) is 24.5 Å². The van der Waals surface area contributed by atoms with Crippen LogP contribution in [0.15, 0.2) is 370 Å². The maximum Gasteiger partial charge on any atom is 0.124 e. The van der Waals surface area contributed by atoms with E-state index in [0.717, 1.165) is 140 Å². The van der Waals surface area contributed by atoms with Crippen LogP contribution >= 0.6 is 45.3 Å². The lowest BCUT2D eigenvalue weighted by Crippen LogP contribution is -2.28. The van der Waals surface area contributed by atoms with Gasteiger partial charge in [0.25, 0.3) is 0 Å². The number of hydrogen-bond donors (Lipinski definition) is 0. The molecular formula is C101H61N5S4. The van der Waals surface area contributed by atoms with Gasteiger partial charge in [-0.2, -0.15) is 0 Å². The molecule has 0 saturated heterocycles. The molecule has 1 aliphatic rings. The Kier molecular flexibility index (Phi) is 15.2. The maximum absolute atomic E-state index is 5.49. The molecule has 22 rings (SSSR count). The molecule has 9 heteroatoms. The smallest absolute Gasteiger partial charge is 0.124 e. The van der Waals surface area contributed by atoms with Gasteiger partial charge in [0.2, 0.25) is 0 Å². The Balaban J connectivity index is 0.643. The van der Waals surface area contributed by atoms with E-state index in [1.807, 2.05) is 0 Å². The van der Waals surface area contributed by atoms with Gasteiger partial charge >= 0.3 is 0 Å². The summed E-state index contributed by atoms with van der Waals surface area (Å²) < 4.78 is 7.08. The number of rotatable bonds is 13. The molecule has 21 aromatic rings. The van der Waals surface area contributed by atoms with E-state index < -0.39 is 5.41 Å². The van der Waals surface area contributed by atoms with Gasteiger partial charge in [0.1, 0.15) is 20.0 Å². The largest absolute Gasteiger partial charge is 0.309 e. The van der Waals surface area contributed by atoms with Crippen molar-refractivity contribution in [3.8, 4) is 126 Å². The summed E-state index contributed by atoms with van der Waals surface area (Å²) in [6.07, 6.45) is 0. The Morgan fingerprint density at radius 2 is 0.573 bits per heavy atom. The molecule has 1 aliphatic carbocycles. The molecule has 0 bridgehead atoms. The van der Waals surface area contributed by atoms with Gasteiger partial charge in [-0.25, -0.2) is 19.9 Å². The van der Waals surface area contributed by atoms with Crippen LogP contribution in [0.5, 0.6) is 0 Å². The van der Waals surface area contributed by atoms with Gasteiger partial charge in [-0.3, -0.25) is 0 Å². The van der Waals surface area contributed by atoms with Crippen LogP contribution < -0.4 is 0 Å². The molecule has 0 spiro atoms. The number of nitrogens with zero attached hydrogens (tertiary/aromatic N) is 5. The Morgan fingerprint density at radius 3 is 1.03 bits per heavy atom. The van der Waals surface area contributed by atoms with Crippen LogP contribution in [0.4, 0.5) is 0 Å². The summed E-state index contributed by atoms with van der Waals surface area (Å²) in [5.41, 5.74) is 32.3. The summed E-state index contributed by atoms with van der Waals surface area (Å²) in [5.74, 6) is 0. The fourth-order valence-electron chi connectivity index (χ4n) is 17.1. The first-order valence-electron chi connectivity index (χ1n) is 37.0. The SMILES string of the molecule is c1ccc(-c2cc(-c3cccc(-n4c5ccc(-c6nc7ccccc7s6)cc5c5cc(-c6nc7cc(-c8ccc9sc(-c%10ccc%11c(c%10)-c%10cc(-c%12nc%13ccccc%13s%12)ccc%10C%11(c%10ccccc%10)c%10ccccc%10)nc9c8)ccc7s6)ccc54)c3)c(-c3ccccc3)c(-c3ccccc3)c2-c2ccccc2)cc1. The molecule has 5 heterocycles. The zero-order chi connectivity index (χ0) is 72.4. The highest BCUT2D eigenvalue weighted by atomic mass is 32.1. The molecule has 16 aromatic carbocycles. The van der Waals surface area contributed by atoms with E-state index in [-0.39, 0.29) is 0 Å². The number of aromatic nitrogens is 5. The van der Waals surface area contributed by atoms with E-state index in [4.69, 9.17) is 19.9 Å². The van der Waals surface area contributed by atoms with Gasteiger partial charge in [0.15, 0.2) is 0 Å². The standard InChI is InChI=1S/C101H61N5S4/c1-7-24-62(25-8-1)76-61-77(95(64-28-11-3-12-29-64)96(65-30-13-4-14-31-65)94(76)63-26-9-2-10-27-63)68-32-23-37-75(54-68)106-88-50-44-71(98-103-85-39-20-22-41-91(85)108-98)57-80(88)81-58-72(45-51-89(81)106)100-105-87-60-67(47-53-93(87)110-100)66-46-52-92-86(59-66)104-99(109-92)70-43-49-83-79(56-70)78-55-69(97-102-84-38-19-21-40-90(84)107-97)42-48-82(78)101(83,73-33-15-5-16-34-73)74-35-17-6-18-36-74/h1-61H. The average molecular weight is 1470 g/mol. The third-order valence-electron chi connectivity index (χ3n) is 22.0. The number of fused-ring (bicyclic) bond motifs is 10. The van der Waals surface area contributed by atoms with E-state index in [0.29, 0.717) is 0 Å². The van der Waals surface area contributed by atoms with Crippen LogP contribution in [-0.2, 0) is 5.41 Å². The van der Waals surface area contributed by atoms with Gasteiger partial charge in [-0.1, -0.05) is 255 Å². The van der Waals surface area contributed by atoms with Crippen molar-refractivity contribution in [1.29, 1.82) is 0 Å². The number of benzene rings is 16. The second-order valence-corrected chi connectivity index (χ2v) is 32.4. The van der Waals surface area contributed by atoms with E-state index in [1.165, 1.54) is 70.6 Å². The molecule has 0 saturated carbocycles. The second kappa shape index (κ2) is 26.1. The van der Waals surface area contributed by atoms with Gasteiger partial charge in [-0.05, 0) is 215 Å². The lowest BCUT2D eigenvalue weighted by molar-refractivity contribution is 0.768. The minimum absolute atomic E-state index is 0.537. The first-order valence-corrected chi connectivity index (χ1v) is 40.3. The van der Waals surface area contributed by atoms with Crippen molar-refractivity contribution in [2.75, 3.05) is 0 Å². The topological polar surface area (TPSA) is 56.5 Å². The van der Waals surface area contributed by atoms with Gasteiger partial charge < -0.3 is 4.57 Å². The number of para-hydroxylation sites is 2. The Labute approximate surface area is 651 Å². The molecule has 514 valence electrons. The lowest BCUT2D eigenvalue weighted by Gasteiger charge is -2.34. The number of thiazole rings is 4. The zero-order valence-corrected chi connectivity index (χ0v) is 62.4. The third-order valence-corrected chi connectivity index (χ3v) is 26.4. The van der Waals surface area contributed by atoms with Crippen molar-refractivity contribution < 1.29 is 0 Å². The Bertz CT molecular complexity index is 7090. The average Bonchev–Trinajstić information content (AvgIpc) is 1.53. The van der Waals surface area contributed by atoms with E-state index >= 15 is 0 Å². The van der Waals surface area contributed by atoms with Gasteiger partial charge in [0, 0.05) is 38.7 Å². The van der Waals surface area contributed by atoms with E-state index in [9.17, 15) is 0 Å². The van der Waals surface area contributed by atoms with Crippen molar-refractivity contribution in [2.24, 2.45) is 0 Å². The normalized spacial score (nSPS) is 12.4. The highest BCUT2D eigenvalue weighted by Crippen LogP contribution is 2.58. The summed E-state index contributed by atoms with van der Waals surface area (Å²) >= 11 is 6.97. The molecule has 0 radical (unpaired) electrons. The van der Waals surface area contributed by atoms with Crippen molar-refractivity contribution in [1.82, 2.24) is 24.5 Å². The quantitative estimate of drug-likeness (QED) is 0.115. The molecule has 0 aliphatic heterocycles. The second-order valence-electron chi connectivity index (χ2n) is 28.3. The zero-order valence-electron chi connectivity index (χ0n) is 59.1. The van der Waals surface area contributed by atoms with Crippen molar-refractivity contribution in [3.05, 3.63) is 392 Å². The fraction of sp³-hybridized carbons (Fsp3) is 0.00990. The molecular weight excluding hydrogens is 1410 g/mol. The summed E-state index contributed by atoms with van der Waals surface area (Å²) in [4.78, 5) is 21.3. The molecule has 110 heavy (non-hydrogen) atoms. The predicted octanol–water partition coefficient (Wildman–Crippen LogP) is 28.3. The van der Waals surface area contributed by atoms with Crippen LogP contribution in [0.1, 0.15) is 22.3 Å². The first-order chi connectivity index (χ1) is 54.5. The molecule has 0 amide bonds. The predicted molar refractivity (Wildman–Crippen MR) is 465 cm³/mol. The van der Waals surface area contributed by atoms with E-state index in [2.05, 4.69) is 375 Å². The van der Waals surface area contributed by atoms with Crippen molar-refractivity contribution in [2.45, 2.75) is 5.41 Å². The third kappa shape index (κ3) is 10.6. The summed E-state index contributed by atoms with van der Waals surface area (Å²) in [6.45, 7) is 0. The van der Waals surface area contributed by atoms with Crippen LogP contribution in [0, 0.1) is 0 Å². The molecule has 5 aromatic heterocycles. The lowest BCUT2D eigenvalue weighted by atomic mass is 9.67. The van der Waals surface area contributed by atoms with Crippen LogP contribution in [0.25, 0.3) is 189 Å².